The summed E-state index contributed by atoms with van der Waals surface area (Å²) in [6.45, 7) is 3.06. The Hall–Kier alpha value is -3.11. The summed E-state index contributed by atoms with van der Waals surface area (Å²) in [6, 6.07) is 5.81. The lowest BCUT2D eigenvalue weighted by Gasteiger charge is -2.47. The first-order chi connectivity index (χ1) is 15.4. The molecule has 2 aliphatic heterocycles. The van der Waals surface area contributed by atoms with Gasteiger partial charge in [-0.1, -0.05) is 6.07 Å². The van der Waals surface area contributed by atoms with Gasteiger partial charge in [0.05, 0.1) is 31.2 Å². The molecule has 1 fully saturated rings. The van der Waals surface area contributed by atoms with Crippen LogP contribution >= 0.6 is 0 Å². The van der Waals surface area contributed by atoms with Crippen LogP contribution in [0.4, 0.5) is 0 Å². The van der Waals surface area contributed by atoms with E-state index in [2.05, 4.69) is 44.7 Å². The van der Waals surface area contributed by atoms with Crippen LogP contribution in [0.2, 0.25) is 0 Å². The maximum atomic E-state index is 12.6. The van der Waals surface area contributed by atoms with Crippen molar-refractivity contribution in [2.24, 2.45) is 5.92 Å². The van der Waals surface area contributed by atoms with Gasteiger partial charge in [-0.2, -0.15) is 0 Å². The first kappa shape index (κ1) is 23.6. The quantitative estimate of drug-likeness (QED) is 0.530. The Kier molecular flexibility index (Phi) is 7.70. The first-order valence-corrected chi connectivity index (χ1v) is 10.4. The molecule has 2 aliphatic rings. The highest BCUT2D eigenvalue weighted by Crippen LogP contribution is 2.41. The summed E-state index contributed by atoms with van der Waals surface area (Å²) in [5.41, 5.74) is 2.28. The first-order valence-electron chi connectivity index (χ1n) is 10.4. The van der Waals surface area contributed by atoms with Gasteiger partial charge < -0.3 is 19.3 Å². The lowest BCUT2D eigenvalue weighted by atomic mass is 9.78. The number of rotatable bonds is 5. The van der Waals surface area contributed by atoms with Crippen LogP contribution < -0.4 is 5.56 Å². The number of nitrogens with zero attached hydrogens (tertiary/aromatic N) is 5. The third kappa shape index (κ3) is 5.20. The number of esters is 1. The number of carbonyl (C=O) groups is 2. The lowest BCUT2D eigenvalue weighted by Crippen LogP contribution is -2.51. The van der Waals surface area contributed by atoms with Crippen LogP contribution in [0, 0.1) is 5.92 Å². The smallest absolute Gasteiger partial charge is 0.358 e. The van der Waals surface area contributed by atoms with Gasteiger partial charge in [-0.3, -0.25) is 19.5 Å². The number of pyridine rings is 1. The Balaban J connectivity index is 0.000000913. The zero-order valence-electron chi connectivity index (χ0n) is 18.5. The minimum absolute atomic E-state index is 0.0989. The normalized spacial score (nSPS) is 21.8. The van der Waals surface area contributed by atoms with Crippen LogP contribution in [0.3, 0.4) is 0 Å². The van der Waals surface area contributed by atoms with E-state index in [1.54, 1.807) is 12.3 Å². The second kappa shape index (κ2) is 10.5. The lowest BCUT2D eigenvalue weighted by molar-refractivity contribution is -0.122. The van der Waals surface area contributed by atoms with Crippen LogP contribution in [0.25, 0.3) is 0 Å². The van der Waals surface area contributed by atoms with E-state index >= 15 is 0 Å². The molecule has 0 spiro atoms. The molecule has 4 heterocycles. The zero-order chi connectivity index (χ0) is 23.3. The molecule has 3 atom stereocenters. The molecule has 2 aromatic heterocycles. The second-order valence-corrected chi connectivity index (χ2v) is 8.37. The topological polar surface area (TPSA) is 118 Å². The molecule has 0 aliphatic carbocycles. The van der Waals surface area contributed by atoms with Gasteiger partial charge >= 0.3 is 5.97 Å². The number of hydrogen-bond acceptors (Lipinski definition) is 8. The molecule has 0 saturated carbocycles. The molecule has 1 N–H and O–H groups in total. The zero-order valence-corrected chi connectivity index (χ0v) is 18.5. The van der Waals surface area contributed by atoms with E-state index in [-0.39, 0.29) is 23.8 Å². The average Bonchev–Trinajstić information content (AvgIpc) is 2.77. The molecule has 4 rings (SSSR count). The number of likely N-dealkylation sites (N-methyl/N-ethyl adjacent to an activating group) is 1. The van der Waals surface area contributed by atoms with Gasteiger partial charge in [-0.25, -0.2) is 9.78 Å². The van der Waals surface area contributed by atoms with Gasteiger partial charge in [0.2, 0.25) is 0 Å². The molecule has 172 valence electrons. The van der Waals surface area contributed by atoms with E-state index in [1.165, 1.54) is 13.3 Å². The summed E-state index contributed by atoms with van der Waals surface area (Å²) in [7, 11) is 5.44. The van der Waals surface area contributed by atoms with Gasteiger partial charge in [0, 0.05) is 43.9 Å². The Morgan fingerprint density at radius 1 is 1.28 bits per heavy atom. The van der Waals surface area contributed by atoms with Crippen molar-refractivity contribution < 1.29 is 19.4 Å². The maximum Gasteiger partial charge on any atom is 0.358 e. The second-order valence-electron chi connectivity index (χ2n) is 8.37. The standard InChI is InChI=1S/C21H27N5O3.CH2O2/c1-24(2)13-19-15-7-14(18-5-4-6-20(27)26(18)19)10-25(11-15)12-16-8-23-17(9-22-16)21(28)29-3;2-1-3/h4-6,8-9,14-15,19H,7,10-13H2,1-3H3;1H,(H,2,3)/t14-,15+,19+;/m1./s1. The van der Waals surface area contributed by atoms with Crippen molar-refractivity contribution in [1.29, 1.82) is 0 Å². The number of aromatic nitrogens is 3. The van der Waals surface area contributed by atoms with Crippen LogP contribution in [0.5, 0.6) is 0 Å². The Labute approximate surface area is 186 Å². The van der Waals surface area contributed by atoms with Gasteiger partial charge in [0.1, 0.15) is 0 Å². The van der Waals surface area contributed by atoms with E-state index in [9.17, 15) is 9.59 Å². The predicted molar refractivity (Wildman–Crippen MR) is 116 cm³/mol. The number of likely N-dealkylation sites (tertiary alicyclic amines) is 1. The third-order valence-electron chi connectivity index (χ3n) is 5.91. The van der Waals surface area contributed by atoms with Crippen molar-refractivity contribution in [1.82, 2.24) is 24.3 Å². The number of piperidine rings is 1. The van der Waals surface area contributed by atoms with Gasteiger partial charge in [0.25, 0.3) is 12.0 Å². The summed E-state index contributed by atoms with van der Waals surface area (Å²) in [4.78, 5) is 45.7. The Morgan fingerprint density at radius 3 is 2.66 bits per heavy atom. The van der Waals surface area contributed by atoms with E-state index < -0.39 is 5.97 Å². The summed E-state index contributed by atoms with van der Waals surface area (Å²) in [6.07, 6.45) is 4.22. The van der Waals surface area contributed by atoms with E-state index in [1.807, 2.05) is 10.6 Å². The molecule has 0 unspecified atom stereocenters. The molecular formula is C22H29N5O5. The maximum absolute atomic E-state index is 12.6. The minimum atomic E-state index is -0.481. The highest BCUT2D eigenvalue weighted by molar-refractivity contribution is 5.86. The minimum Gasteiger partial charge on any atom is -0.483 e. The molecule has 0 aromatic carbocycles. The SMILES string of the molecule is COC(=O)c1cnc(CN2C[C@H]3C[C@@H](C2)[C@H](CN(C)C)n2c3cccc2=O)cn1.O=CO. The number of hydrogen-bond donors (Lipinski definition) is 1. The number of methoxy groups -OCH3 is 1. The van der Waals surface area contributed by atoms with Crippen LogP contribution in [0.1, 0.15) is 40.3 Å². The fourth-order valence-electron chi connectivity index (χ4n) is 4.75. The number of fused-ring (bicyclic) bond motifs is 4. The van der Waals surface area contributed by atoms with Crippen LogP contribution in [-0.2, 0) is 16.1 Å². The van der Waals surface area contributed by atoms with Crippen molar-refractivity contribution in [2.45, 2.75) is 24.9 Å². The van der Waals surface area contributed by atoms with Gasteiger partial charge in [-0.05, 0) is 32.5 Å². The van der Waals surface area contributed by atoms with Crippen molar-refractivity contribution >= 4 is 12.4 Å². The fourth-order valence-corrected chi connectivity index (χ4v) is 4.75. The molecule has 10 heteroatoms. The Morgan fingerprint density at radius 2 is 2.03 bits per heavy atom. The van der Waals surface area contributed by atoms with E-state index in [0.29, 0.717) is 18.4 Å². The third-order valence-corrected chi connectivity index (χ3v) is 5.91. The van der Waals surface area contributed by atoms with Gasteiger partial charge in [0.15, 0.2) is 5.69 Å². The summed E-state index contributed by atoms with van der Waals surface area (Å²) in [5, 5.41) is 6.89. The van der Waals surface area contributed by atoms with E-state index in [0.717, 1.165) is 37.4 Å². The number of ether oxygens (including phenoxy) is 1. The van der Waals surface area contributed by atoms with Crippen molar-refractivity contribution in [3.8, 4) is 0 Å². The highest BCUT2D eigenvalue weighted by atomic mass is 16.5. The van der Waals surface area contributed by atoms with Crippen molar-refractivity contribution in [3.05, 3.63) is 58.0 Å². The van der Waals surface area contributed by atoms with Crippen molar-refractivity contribution in [3.63, 3.8) is 0 Å². The molecule has 2 bridgehead atoms. The molecule has 32 heavy (non-hydrogen) atoms. The largest absolute Gasteiger partial charge is 0.483 e. The molecule has 1 saturated heterocycles. The van der Waals surface area contributed by atoms with Crippen LogP contribution in [0.15, 0.2) is 35.4 Å². The molecule has 10 nitrogen and oxygen atoms in total. The summed E-state index contributed by atoms with van der Waals surface area (Å²) >= 11 is 0. The van der Waals surface area contributed by atoms with Crippen molar-refractivity contribution in [2.75, 3.05) is 40.8 Å². The fraction of sp³-hybridized carbons (Fsp3) is 0.500. The highest BCUT2D eigenvalue weighted by Gasteiger charge is 2.40. The molecule has 0 amide bonds. The monoisotopic (exact) mass is 443 g/mol. The molecule has 0 radical (unpaired) electrons. The number of carbonyl (C=O) groups excluding carboxylic acids is 1. The van der Waals surface area contributed by atoms with Gasteiger partial charge in [-0.15, -0.1) is 0 Å². The Bertz CT molecular complexity index is 991. The summed E-state index contributed by atoms with van der Waals surface area (Å²) in [5.74, 6) is 0.263. The molecule has 2 aromatic rings. The van der Waals surface area contributed by atoms with E-state index in [4.69, 9.17) is 9.90 Å². The predicted octanol–water partition coefficient (Wildman–Crippen LogP) is 0.848. The number of carboxylic acid groups (broad SMARTS) is 1. The molecular weight excluding hydrogens is 414 g/mol. The summed E-state index contributed by atoms with van der Waals surface area (Å²) < 4.78 is 6.71. The average molecular weight is 444 g/mol. The van der Waals surface area contributed by atoms with Crippen LogP contribution in [-0.4, -0.2) is 82.7 Å².